The maximum Gasteiger partial charge on any atom is 0.0596 e. The van der Waals surface area contributed by atoms with Crippen LogP contribution in [0.3, 0.4) is 0 Å². The van der Waals surface area contributed by atoms with Gasteiger partial charge in [0.25, 0.3) is 0 Å². The first-order valence-electron chi connectivity index (χ1n) is 6.57. The first kappa shape index (κ1) is 13.9. The van der Waals surface area contributed by atoms with Crippen molar-refractivity contribution >= 4 is 0 Å². The van der Waals surface area contributed by atoms with Gasteiger partial charge in [-0.2, -0.15) is 0 Å². The van der Waals surface area contributed by atoms with Gasteiger partial charge >= 0.3 is 0 Å². The lowest BCUT2D eigenvalue weighted by molar-refractivity contribution is 0.0161. The van der Waals surface area contributed by atoms with Gasteiger partial charge in [-0.1, -0.05) is 6.92 Å². The van der Waals surface area contributed by atoms with Gasteiger partial charge in [0.1, 0.15) is 0 Å². The van der Waals surface area contributed by atoms with Gasteiger partial charge in [-0.25, -0.2) is 0 Å². The Hall–Kier alpha value is -0.120. The molecule has 3 nitrogen and oxygen atoms in total. The molecule has 0 amide bonds. The minimum Gasteiger partial charge on any atom is -0.396 e. The van der Waals surface area contributed by atoms with Crippen LogP contribution in [0.4, 0.5) is 0 Å². The van der Waals surface area contributed by atoms with Crippen LogP contribution in [0.15, 0.2) is 0 Å². The first-order valence-corrected chi connectivity index (χ1v) is 6.57. The molecule has 0 radical (unpaired) electrons. The summed E-state index contributed by atoms with van der Waals surface area (Å²) < 4.78 is 5.56. The maximum atomic E-state index is 9.43. The van der Waals surface area contributed by atoms with Crippen molar-refractivity contribution in [2.45, 2.75) is 46.1 Å². The highest BCUT2D eigenvalue weighted by atomic mass is 16.5. The van der Waals surface area contributed by atoms with Crippen molar-refractivity contribution in [3.05, 3.63) is 0 Å². The third-order valence-corrected chi connectivity index (χ3v) is 3.86. The minimum absolute atomic E-state index is 0.204. The molecule has 1 rings (SSSR count). The zero-order chi connectivity index (χ0) is 12.0. The van der Waals surface area contributed by atoms with Crippen LogP contribution in [-0.4, -0.2) is 49.0 Å². The molecule has 16 heavy (non-hydrogen) atoms. The Morgan fingerprint density at radius 2 is 1.94 bits per heavy atom. The SMILES string of the molecule is CCC1(CO)CCN(CCOC(C)C)CC1. The van der Waals surface area contributed by atoms with Crippen LogP contribution in [0.1, 0.15) is 40.0 Å². The first-order chi connectivity index (χ1) is 7.62. The van der Waals surface area contributed by atoms with Crippen LogP contribution in [-0.2, 0) is 4.74 Å². The number of aliphatic hydroxyl groups is 1. The monoisotopic (exact) mass is 229 g/mol. The van der Waals surface area contributed by atoms with Gasteiger partial charge in [0.2, 0.25) is 0 Å². The van der Waals surface area contributed by atoms with Crippen molar-refractivity contribution < 1.29 is 9.84 Å². The molecule has 0 aromatic carbocycles. The Kier molecular flexibility index (Phi) is 5.73. The highest BCUT2D eigenvalue weighted by Gasteiger charge is 2.31. The van der Waals surface area contributed by atoms with E-state index in [0.29, 0.717) is 12.7 Å². The summed E-state index contributed by atoms with van der Waals surface area (Å²) in [6, 6.07) is 0. The summed E-state index contributed by atoms with van der Waals surface area (Å²) in [6.45, 7) is 10.8. The van der Waals surface area contributed by atoms with Crippen molar-refractivity contribution in [1.82, 2.24) is 4.90 Å². The smallest absolute Gasteiger partial charge is 0.0596 e. The Balaban J connectivity index is 2.21. The summed E-state index contributed by atoms with van der Waals surface area (Å²) in [6.07, 6.45) is 3.68. The van der Waals surface area contributed by atoms with Crippen molar-refractivity contribution in [3.8, 4) is 0 Å². The molecule has 0 spiro atoms. The van der Waals surface area contributed by atoms with E-state index in [0.717, 1.165) is 45.5 Å². The molecule has 0 atom stereocenters. The molecule has 96 valence electrons. The van der Waals surface area contributed by atoms with Gasteiger partial charge in [-0.3, -0.25) is 0 Å². The molecule has 1 aliphatic heterocycles. The Labute approximate surface area is 99.8 Å². The summed E-state index contributed by atoms with van der Waals surface area (Å²) in [5.74, 6) is 0. The van der Waals surface area contributed by atoms with Crippen LogP contribution in [0, 0.1) is 5.41 Å². The van der Waals surface area contributed by atoms with Gasteiger partial charge in [0.15, 0.2) is 0 Å². The van der Waals surface area contributed by atoms with Crippen LogP contribution in [0.2, 0.25) is 0 Å². The Bertz CT molecular complexity index is 180. The third kappa shape index (κ3) is 4.04. The molecule has 1 aliphatic rings. The minimum atomic E-state index is 0.204. The zero-order valence-corrected chi connectivity index (χ0v) is 11.0. The Morgan fingerprint density at radius 3 is 2.38 bits per heavy atom. The second kappa shape index (κ2) is 6.58. The molecule has 1 N–H and O–H groups in total. The van der Waals surface area contributed by atoms with E-state index in [1.165, 1.54) is 0 Å². The number of piperidine rings is 1. The molecule has 1 heterocycles. The molecule has 1 fully saturated rings. The lowest BCUT2D eigenvalue weighted by Crippen LogP contribution is -2.43. The molecular formula is C13H27NO2. The van der Waals surface area contributed by atoms with Crippen molar-refractivity contribution in [2.75, 3.05) is 32.8 Å². The highest BCUT2D eigenvalue weighted by Crippen LogP contribution is 2.33. The molecule has 1 saturated heterocycles. The Morgan fingerprint density at radius 1 is 1.31 bits per heavy atom. The van der Waals surface area contributed by atoms with E-state index in [-0.39, 0.29) is 5.41 Å². The number of hydrogen-bond acceptors (Lipinski definition) is 3. The van der Waals surface area contributed by atoms with E-state index in [2.05, 4.69) is 25.7 Å². The summed E-state index contributed by atoms with van der Waals surface area (Å²) in [5.41, 5.74) is 0.204. The number of ether oxygens (including phenoxy) is 1. The molecular weight excluding hydrogens is 202 g/mol. The third-order valence-electron chi connectivity index (χ3n) is 3.86. The number of likely N-dealkylation sites (tertiary alicyclic amines) is 1. The number of nitrogens with zero attached hydrogens (tertiary/aromatic N) is 1. The molecule has 3 heteroatoms. The maximum absolute atomic E-state index is 9.43. The lowest BCUT2D eigenvalue weighted by atomic mass is 9.77. The van der Waals surface area contributed by atoms with Crippen LogP contribution in [0.25, 0.3) is 0 Å². The molecule has 0 bridgehead atoms. The van der Waals surface area contributed by atoms with Gasteiger partial charge in [0, 0.05) is 13.2 Å². The normalized spacial score (nSPS) is 21.6. The fourth-order valence-electron chi connectivity index (χ4n) is 2.29. The van der Waals surface area contributed by atoms with E-state index < -0.39 is 0 Å². The molecule has 0 unspecified atom stereocenters. The average Bonchev–Trinajstić information content (AvgIpc) is 2.30. The standard InChI is InChI=1S/C13H27NO2/c1-4-13(11-15)5-7-14(8-6-13)9-10-16-12(2)3/h12,15H,4-11H2,1-3H3. The zero-order valence-electron chi connectivity index (χ0n) is 11.0. The van der Waals surface area contributed by atoms with Crippen molar-refractivity contribution in [3.63, 3.8) is 0 Å². The predicted octanol–water partition coefficient (Wildman–Crippen LogP) is 1.90. The van der Waals surface area contributed by atoms with Crippen molar-refractivity contribution in [1.29, 1.82) is 0 Å². The predicted molar refractivity (Wildman–Crippen MR) is 66.6 cm³/mol. The summed E-state index contributed by atoms with van der Waals surface area (Å²) in [5, 5.41) is 9.43. The van der Waals surface area contributed by atoms with E-state index in [4.69, 9.17) is 4.74 Å². The molecule has 0 aliphatic carbocycles. The summed E-state index contributed by atoms with van der Waals surface area (Å²) in [4.78, 5) is 2.45. The lowest BCUT2D eigenvalue weighted by Gasteiger charge is -2.40. The molecule has 0 saturated carbocycles. The second-order valence-electron chi connectivity index (χ2n) is 5.27. The quantitative estimate of drug-likeness (QED) is 0.755. The van der Waals surface area contributed by atoms with Crippen molar-refractivity contribution in [2.24, 2.45) is 5.41 Å². The fourth-order valence-corrected chi connectivity index (χ4v) is 2.29. The second-order valence-corrected chi connectivity index (χ2v) is 5.27. The largest absolute Gasteiger partial charge is 0.396 e. The van der Waals surface area contributed by atoms with Crippen LogP contribution in [0.5, 0.6) is 0 Å². The van der Waals surface area contributed by atoms with Gasteiger partial charge < -0.3 is 14.7 Å². The topological polar surface area (TPSA) is 32.7 Å². The van der Waals surface area contributed by atoms with Gasteiger partial charge in [0.05, 0.1) is 12.7 Å². The summed E-state index contributed by atoms with van der Waals surface area (Å²) in [7, 11) is 0. The van der Waals surface area contributed by atoms with Crippen LogP contribution >= 0.6 is 0 Å². The molecule has 0 aromatic heterocycles. The number of aliphatic hydroxyl groups excluding tert-OH is 1. The highest BCUT2D eigenvalue weighted by molar-refractivity contribution is 4.84. The number of rotatable bonds is 6. The molecule has 0 aromatic rings. The van der Waals surface area contributed by atoms with Gasteiger partial charge in [-0.05, 0) is 51.6 Å². The van der Waals surface area contributed by atoms with Crippen LogP contribution < -0.4 is 0 Å². The average molecular weight is 229 g/mol. The fraction of sp³-hybridized carbons (Fsp3) is 1.00. The number of hydrogen-bond donors (Lipinski definition) is 1. The van der Waals surface area contributed by atoms with E-state index in [1.54, 1.807) is 0 Å². The van der Waals surface area contributed by atoms with E-state index in [9.17, 15) is 5.11 Å². The van der Waals surface area contributed by atoms with Gasteiger partial charge in [-0.15, -0.1) is 0 Å². The summed E-state index contributed by atoms with van der Waals surface area (Å²) >= 11 is 0. The van der Waals surface area contributed by atoms with E-state index in [1.807, 2.05) is 0 Å². The van der Waals surface area contributed by atoms with E-state index >= 15 is 0 Å².